The minimum Gasteiger partial charge on any atom is -0.256 e. The van der Waals surface area contributed by atoms with Gasteiger partial charge in [-0.1, -0.05) is 57.2 Å². The van der Waals surface area contributed by atoms with Crippen LogP contribution in [0.3, 0.4) is 0 Å². The number of benzene rings is 2. The quantitative estimate of drug-likeness (QED) is 0.402. The molecule has 1 aromatic heterocycles. The fraction of sp³-hybridized carbons (Fsp3) is 0.320. The maximum absolute atomic E-state index is 8.77. The van der Waals surface area contributed by atoms with E-state index in [4.69, 9.17) is 6.85 Å². The van der Waals surface area contributed by atoms with Crippen LogP contribution in [-0.4, -0.2) is 4.98 Å². The summed E-state index contributed by atoms with van der Waals surface area (Å²) in [5.41, 5.74) is 7.00. The van der Waals surface area contributed by atoms with Gasteiger partial charge in [0.15, 0.2) is 0 Å². The lowest BCUT2D eigenvalue weighted by molar-refractivity contribution is 0.410. The van der Waals surface area contributed by atoms with Crippen molar-refractivity contribution in [2.24, 2.45) is 5.41 Å². The number of fused-ring (bicyclic) bond motifs is 3. The zero-order valence-corrected chi connectivity index (χ0v) is 15.8. The fourth-order valence-corrected chi connectivity index (χ4v) is 3.81. The summed E-state index contributed by atoms with van der Waals surface area (Å²) in [5, 5.41) is 0. The second kappa shape index (κ2) is 6.09. The average Bonchev–Trinajstić information content (AvgIpc) is 3.05. The largest absolute Gasteiger partial charge is 0.256 e. The van der Waals surface area contributed by atoms with Crippen LogP contribution in [-0.2, 0) is 12.8 Å². The Morgan fingerprint density at radius 3 is 2.62 bits per heavy atom. The molecule has 0 radical (unpaired) electrons. The number of aromatic nitrogens is 1. The number of aryl methyl sites for hydroxylation is 2. The van der Waals surface area contributed by atoms with Crippen LogP contribution in [0.5, 0.6) is 0 Å². The van der Waals surface area contributed by atoms with Gasteiger partial charge in [0.05, 0.1) is 5.69 Å². The van der Waals surface area contributed by atoms with Crippen LogP contribution in [0.4, 0.5) is 0 Å². The Morgan fingerprint density at radius 2 is 1.85 bits per heavy atom. The second-order valence-corrected chi connectivity index (χ2v) is 8.11. The van der Waals surface area contributed by atoms with Crippen molar-refractivity contribution in [3.8, 4) is 22.4 Å². The SMILES string of the molecule is [2H]C([2H])([2H])c1cnc(-c2cccc3c2Cc2cccc(C)c2-3)cc1C([2H])([2H])C(C)(C)C. The first-order chi connectivity index (χ1) is 14.3. The molecular weight excluding hydrogens is 314 g/mol. The topological polar surface area (TPSA) is 12.9 Å². The fourth-order valence-electron chi connectivity index (χ4n) is 3.81. The normalized spacial score (nSPS) is 16.7. The molecule has 0 atom stereocenters. The lowest BCUT2D eigenvalue weighted by Gasteiger charge is -2.20. The van der Waals surface area contributed by atoms with Crippen molar-refractivity contribution in [2.45, 2.75) is 47.3 Å². The van der Waals surface area contributed by atoms with Crippen molar-refractivity contribution in [1.82, 2.24) is 4.98 Å². The number of nitrogens with zero attached hydrogens (tertiary/aromatic N) is 1. The van der Waals surface area contributed by atoms with Gasteiger partial charge in [-0.15, -0.1) is 0 Å². The first-order valence-electron chi connectivity index (χ1n) is 11.5. The highest BCUT2D eigenvalue weighted by Crippen LogP contribution is 2.43. The Balaban J connectivity index is 1.93. The number of pyridine rings is 1. The van der Waals surface area contributed by atoms with Gasteiger partial charge in [-0.25, -0.2) is 0 Å². The van der Waals surface area contributed by atoms with E-state index in [-0.39, 0.29) is 11.1 Å². The zero-order valence-electron chi connectivity index (χ0n) is 20.8. The Kier molecular flexibility index (Phi) is 2.82. The molecule has 132 valence electrons. The Bertz CT molecular complexity index is 1170. The minimum atomic E-state index is -2.44. The van der Waals surface area contributed by atoms with E-state index in [1.165, 1.54) is 28.5 Å². The van der Waals surface area contributed by atoms with Gasteiger partial charge in [0, 0.05) is 18.6 Å². The summed E-state index contributed by atoms with van der Waals surface area (Å²) in [7, 11) is 0. The van der Waals surface area contributed by atoms with E-state index in [9.17, 15) is 0 Å². The molecule has 2 aromatic carbocycles. The van der Waals surface area contributed by atoms with Crippen LogP contribution in [0.25, 0.3) is 22.4 Å². The van der Waals surface area contributed by atoms with Crippen LogP contribution in [0, 0.1) is 19.2 Å². The van der Waals surface area contributed by atoms with Gasteiger partial charge >= 0.3 is 0 Å². The maximum Gasteiger partial charge on any atom is 0.0708 e. The second-order valence-electron chi connectivity index (χ2n) is 8.11. The van der Waals surface area contributed by atoms with Crippen molar-refractivity contribution in [2.75, 3.05) is 0 Å². The first kappa shape index (κ1) is 12.1. The zero-order chi connectivity index (χ0) is 22.8. The highest BCUT2D eigenvalue weighted by molar-refractivity contribution is 5.85. The van der Waals surface area contributed by atoms with Crippen LogP contribution in [0.15, 0.2) is 48.7 Å². The van der Waals surface area contributed by atoms with Crippen molar-refractivity contribution >= 4 is 0 Å². The standard InChI is InChI=1S/C25H27N/c1-16-8-6-9-18-12-22-20(10-7-11-21(22)24(16)18)23-13-19(14-25(3,4)5)17(2)15-26-23/h6-11,13,15H,12,14H2,1-5H3/i2D3,14D2. The molecule has 1 heterocycles. The molecule has 0 fully saturated rings. The van der Waals surface area contributed by atoms with E-state index in [0.717, 1.165) is 17.5 Å². The first-order valence-corrected chi connectivity index (χ1v) is 9.04. The van der Waals surface area contributed by atoms with Gasteiger partial charge < -0.3 is 0 Å². The molecule has 4 rings (SSSR count). The summed E-state index contributed by atoms with van der Waals surface area (Å²) in [4.78, 5) is 4.51. The molecule has 26 heavy (non-hydrogen) atoms. The maximum atomic E-state index is 8.77. The number of hydrogen-bond acceptors (Lipinski definition) is 1. The van der Waals surface area contributed by atoms with E-state index < -0.39 is 18.6 Å². The molecule has 1 heteroatoms. The van der Waals surface area contributed by atoms with Gasteiger partial charge in [0.2, 0.25) is 0 Å². The highest BCUT2D eigenvalue weighted by atomic mass is 14.7. The lowest BCUT2D eigenvalue weighted by Crippen LogP contribution is -2.10. The van der Waals surface area contributed by atoms with Gasteiger partial charge in [-0.2, -0.15) is 0 Å². The van der Waals surface area contributed by atoms with E-state index in [2.05, 4.69) is 36.2 Å². The molecule has 0 unspecified atom stereocenters. The summed E-state index contributed by atoms with van der Waals surface area (Å²) in [6.07, 6.45) is 0.284. The van der Waals surface area contributed by atoms with Crippen LogP contribution in [0.2, 0.25) is 0 Å². The lowest BCUT2D eigenvalue weighted by atomic mass is 9.86. The number of rotatable bonds is 2. The van der Waals surface area contributed by atoms with Gasteiger partial charge in [0.1, 0.15) is 0 Å². The predicted molar refractivity (Wildman–Crippen MR) is 111 cm³/mol. The van der Waals surface area contributed by atoms with Gasteiger partial charge in [-0.05, 0) is 77.0 Å². The molecule has 3 aromatic rings. The van der Waals surface area contributed by atoms with E-state index >= 15 is 0 Å². The Morgan fingerprint density at radius 1 is 1.08 bits per heavy atom. The van der Waals surface area contributed by atoms with Crippen molar-refractivity contribution in [3.63, 3.8) is 0 Å². The summed E-state index contributed by atoms with van der Waals surface area (Å²) in [6.45, 7) is 5.04. The molecule has 0 saturated heterocycles. The summed E-state index contributed by atoms with van der Waals surface area (Å²) in [6, 6.07) is 14.1. The molecule has 0 N–H and O–H groups in total. The van der Waals surface area contributed by atoms with Crippen molar-refractivity contribution in [3.05, 3.63) is 76.5 Å². The third-order valence-electron chi connectivity index (χ3n) is 4.86. The number of hydrogen-bond donors (Lipinski definition) is 0. The summed E-state index contributed by atoms with van der Waals surface area (Å²) < 4.78 is 41.4. The monoisotopic (exact) mass is 346 g/mol. The Labute approximate surface area is 164 Å². The smallest absolute Gasteiger partial charge is 0.0708 e. The molecule has 0 saturated carbocycles. The van der Waals surface area contributed by atoms with Crippen LogP contribution >= 0.6 is 0 Å². The summed E-state index contributed by atoms with van der Waals surface area (Å²) in [5.74, 6) is 0. The molecule has 1 aliphatic rings. The minimum absolute atomic E-state index is 0.0251. The van der Waals surface area contributed by atoms with E-state index in [0.29, 0.717) is 5.69 Å². The molecule has 0 aliphatic heterocycles. The molecule has 1 nitrogen and oxygen atoms in total. The van der Waals surface area contributed by atoms with Gasteiger partial charge in [0.25, 0.3) is 0 Å². The highest BCUT2D eigenvalue weighted by Gasteiger charge is 2.23. The molecule has 0 bridgehead atoms. The molecule has 0 spiro atoms. The molecule has 0 amide bonds. The molecular formula is C25H27N. The van der Waals surface area contributed by atoms with E-state index in [1.807, 2.05) is 12.1 Å². The Hall–Kier alpha value is -2.41. The average molecular weight is 347 g/mol. The van der Waals surface area contributed by atoms with Crippen LogP contribution in [0.1, 0.15) is 55.4 Å². The van der Waals surface area contributed by atoms with Crippen molar-refractivity contribution in [1.29, 1.82) is 0 Å². The van der Waals surface area contributed by atoms with E-state index in [1.54, 1.807) is 26.8 Å². The van der Waals surface area contributed by atoms with Crippen molar-refractivity contribution < 1.29 is 6.85 Å². The molecule has 1 aliphatic carbocycles. The third-order valence-corrected chi connectivity index (χ3v) is 4.86. The summed E-state index contributed by atoms with van der Waals surface area (Å²) >= 11 is 0. The van der Waals surface area contributed by atoms with Crippen LogP contribution < -0.4 is 0 Å². The van der Waals surface area contributed by atoms with Gasteiger partial charge in [-0.3, -0.25) is 4.98 Å². The predicted octanol–water partition coefficient (Wildman–Crippen LogP) is 6.53. The third kappa shape index (κ3) is 2.96.